The van der Waals surface area contributed by atoms with Crippen LogP contribution in [0.15, 0.2) is 47.4 Å². The molecule has 1 fully saturated rings. The molecule has 0 aliphatic carbocycles. The molecule has 1 amide bonds. The summed E-state index contributed by atoms with van der Waals surface area (Å²) in [6.07, 6.45) is 2.01. The van der Waals surface area contributed by atoms with Crippen molar-refractivity contribution in [3.05, 3.63) is 53.1 Å². The van der Waals surface area contributed by atoms with E-state index in [-0.39, 0.29) is 17.2 Å². The first kappa shape index (κ1) is 20.8. The van der Waals surface area contributed by atoms with Crippen LogP contribution in [0.3, 0.4) is 0 Å². The van der Waals surface area contributed by atoms with Crippen molar-refractivity contribution in [1.29, 1.82) is 0 Å². The molecule has 2 aromatic carbocycles. The van der Waals surface area contributed by atoms with E-state index in [1.807, 2.05) is 12.1 Å². The number of nitrogens with one attached hydrogen (secondary N) is 1. The van der Waals surface area contributed by atoms with Gasteiger partial charge in [-0.1, -0.05) is 28.9 Å². The normalized spacial score (nSPS) is 15.0. The van der Waals surface area contributed by atoms with E-state index in [9.17, 15) is 13.2 Å². The van der Waals surface area contributed by atoms with Gasteiger partial charge in [-0.15, -0.1) is 5.10 Å². The van der Waals surface area contributed by atoms with Gasteiger partial charge < -0.3 is 5.32 Å². The number of sulfonamides is 1. The number of nitrogens with zero attached hydrogens (tertiary/aromatic N) is 4. The van der Waals surface area contributed by atoms with E-state index in [0.717, 1.165) is 18.4 Å². The number of benzene rings is 2. The summed E-state index contributed by atoms with van der Waals surface area (Å²) in [6.45, 7) is 1.88. The highest BCUT2D eigenvalue weighted by molar-refractivity contribution is 7.89. The SMILES string of the molecule is O=C(CCn1nnc2cc(S(=O)(=O)N3CCCC3)ccc21)NCc1ccc(Cl)cc1. The lowest BCUT2D eigenvalue weighted by atomic mass is 10.2. The van der Waals surface area contributed by atoms with Crippen LogP contribution in [0.1, 0.15) is 24.8 Å². The zero-order chi connectivity index (χ0) is 21.1. The van der Waals surface area contributed by atoms with Gasteiger partial charge in [0, 0.05) is 31.1 Å². The predicted octanol–water partition coefficient (Wildman–Crippen LogP) is 2.58. The minimum absolute atomic E-state index is 0.109. The van der Waals surface area contributed by atoms with Crippen LogP contribution in [-0.2, 0) is 27.9 Å². The van der Waals surface area contributed by atoms with Crippen molar-refractivity contribution in [2.75, 3.05) is 13.1 Å². The number of aromatic nitrogens is 3. The van der Waals surface area contributed by atoms with E-state index in [4.69, 9.17) is 11.6 Å². The largest absolute Gasteiger partial charge is 0.352 e. The first-order chi connectivity index (χ1) is 14.4. The van der Waals surface area contributed by atoms with Gasteiger partial charge in [-0.3, -0.25) is 4.79 Å². The average molecular weight is 448 g/mol. The number of halogens is 1. The standard InChI is InChI=1S/C20H22ClN5O3S/c21-16-5-3-15(4-6-16)14-22-20(27)9-12-26-19-8-7-17(13-18(19)23-24-26)30(28,29)25-10-1-2-11-25/h3-8,13H,1-2,9-12,14H2,(H,22,27). The van der Waals surface area contributed by atoms with Crippen LogP contribution >= 0.6 is 11.6 Å². The minimum atomic E-state index is -3.50. The van der Waals surface area contributed by atoms with Crippen molar-refractivity contribution in [1.82, 2.24) is 24.6 Å². The summed E-state index contributed by atoms with van der Waals surface area (Å²) in [7, 11) is -3.50. The number of fused-ring (bicyclic) bond motifs is 1. The van der Waals surface area contributed by atoms with Crippen molar-refractivity contribution < 1.29 is 13.2 Å². The molecule has 8 nitrogen and oxygen atoms in total. The van der Waals surface area contributed by atoms with Crippen LogP contribution < -0.4 is 5.32 Å². The zero-order valence-corrected chi connectivity index (χ0v) is 17.9. The average Bonchev–Trinajstić information content (AvgIpc) is 3.42. The molecule has 0 radical (unpaired) electrons. The molecule has 4 rings (SSSR count). The maximum atomic E-state index is 12.7. The molecule has 1 aromatic heterocycles. The molecule has 10 heteroatoms. The van der Waals surface area contributed by atoms with Gasteiger partial charge in [0.05, 0.1) is 17.0 Å². The molecule has 0 atom stereocenters. The Balaban J connectivity index is 1.39. The lowest BCUT2D eigenvalue weighted by molar-refractivity contribution is -0.121. The highest BCUT2D eigenvalue weighted by Crippen LogP contribution is 2.23. The molecule has 0 bridgehead atoms. The van der Waals surface area contributed by atoms with Crippen molar-refractivity contribution in [2.24, 2.45) is 0 Å². The fourth-order valence-corrected chi connectivity index (χ4v) is 5.12. The molecule has 1 N–H and O–H groups in total. The minimum Gasteiger partial charge on any atom is -0.352 e. The highest BCUT2D eigenvalue weighted by Gasteiger charge is 2.27. The molecule has 0 unspecified atom stereocenters. The number of carbonyl (C=O) groups excluding carboxylic acids is 1. The Morgan fingerprint density at radius 2 is 1.83 bits per heavy atom. The molecule has 3 aromatic rings. The first-order valence-corrected chi connectivity index (χ1v) is 11.6. The van der Waals surface area contributed by atoms with Gasteiger partial charge in [0.25, 0.3) is 0 Å². The van der Waals surface area contributed by atoms with E-state index >= 15 is 0 Å². The van der Waals surface area contributed by atoms with E-state index < -0.39 is 10.0 Å². The van der Waals surface area contributed by atoms with Crippen LogP contribution in [0.5, 0.6) is 0 Å². The maximum absolute atomic E-state index is 12.7. The molecule has 2 heterocycles. The van der Waals surface area contributed by atoms with Gasteiger partial charge in [-0.05, 0) is 48.7 Å². The summed E-state index contributed by atoms with van der Waals surface area (Å²) in [6, 6.07) is 12.1. The van der Waals surface area contributed by atoms with Crippen LogP contribution in [0.25, 0.3) is 11.0 Å². The summed E-state index contributed by atoms with van der Waals surface area (Å²) < 4.78 is 28.6. The number of amides is 1. The van der Waals surface area contributed by atoms with Crippen LogP contribution in [0.4, 0.5) is 0 Å². The van der Waals surface area contributed by atoms with E-state index in [0.29, 0.717) is 42.2 Å². The lowest BCUT2D eigenvalue weighted by Gasteiger charge is -2.15. The second kappa shape index (κ2) is 8.71. The number of hydrogen-bond acceptors (Lipinski definition) is 5. The molecule has 30 heavy (non-hydrogen) atoms. The highest BCUT2D eigenvalue weighted by atomic mass is 35.5. The zero-order valence-electron chi connectivity index (χ0n) is 16.3. The molecular weight excluding hydrogens is 426 g/mol. The Bertz CT molecular complexity index is 1150. The number of aryl methyl sites for hydroxylation is 1. The molecule has 1 saturated heterocycles. The predicted molar refractivity (Wildman–Crippen MR) is 113 cm³/mol. The molecule has 1 aliphatic heterocycles. The van der Waals surface area contributed by atoms with Crippen LogP contribution in [0, 0.1) is 0 Å². The lowest BCUT2D eigenvalue weighted by Crippen LogP contribution is -2.27. The van der Waals surface area contributed by atoms with Crippen LogP contribution in [0.2, 0.25) is 5.02 Å². The monoisotopic (exact) mass is 447 g/mol. The van der Waals surface area contributed by atoms with Crippen molar-refractivity contribution in [3.63, 3.8) is 0 Å². The van der Waals surface area contributed by atoms with Crippen molar-refractivity contribution >= 4 is 38.6 Å². The van der Waals surface area contributed by atoms with Crippen LogP contribution in [-0.4, -0.2) is 46.7 Å². The fraction of sp³-hybridized carbons (Fsp3) is 0.350. The molecule has 158 valence electrons. The second-order valence-corrected chi connectivity index (χ2v) is 9.60. The Kier molecular flexibility index (Phi) is 6.03. The van der Waals surface area contributed by atoms with Gasteiger partial charge in [-0.25, -0.2) is 13.1 Å². The summed E-state index contributed by atoms with van der Waals surface area (Å²) in [5, 5.41) is 11.7. The third-order valence-electron chi connectivity index (χ3n) is 5.14. The molecule has 1 aliphatic rings. The van der Waals surface area contributed by atoms with Crippen molar-refractivity contribution in [3.8, 4) is 0 Å². The van der Waals surface area contributed by atoms with Crippen molar-refractivity contribution in [2.45, 2.75) is 37.2 Å². The van der Waals surface area contributed by atoms with Gasteiger partial charge in [-0.2, -0.15) is 4.31 Å². The molecule has 0 spiro atoms. The smallest absolute Gasteiger partial charge is 0.243 e. The Morgan fingerprint density at radius 1 is 1.10 bits per heavy atom. The number of hydrogen-bond donors (Lipinski definition) is 1. The Hall–Kier alpha value is -2.49. The van der Waals surface area contributed by atoms with Gasteiger partial charge in [0.15, 0.2) is 0 Å². The Morgan fingerprint density at radius 3 is 2.57 bits per heavy atom. The topological polar surface area (TPSA) is 97.2 Å². The maximum Gasteiger partial charge on any atom is 0.243 e. The molecule has 0 saturated carbocycles. The number of carbonyl (C=O) groups is 1. The summed E-state index contributed by atoms with van der Waals surface area (Å²) in [4.78, 5) is 12.4. The second-order valence-electron chi connectivity index (χ2n) is 7.23. The first-order valence-electron chi connectivity index (χ1n) is 9.78. The van der Waals surface area contributed by atoms with E-state index in [1.54, 1.807) is 35.0 Å². The Labute approximate surface area is 179 Å². The van der Waals surface area contributed by atoms with E-state index in [1.165, 1.54) is 4.31 Å². The third kappa shape index (κ3) is 4.48. The fourth-order valence-electron chi connectivity index (χ4n) is 3.45. The summed E-state index contributed by atoms with van der Waals surface area (Å²) in [5.74, 6) is -0.109. The summed E-state index contributed by atoms with van der Waals surface area (Å²) in [5.41, 5.74) is 2.16. The van der Waals surface area contributed by atoms with E-state index in [2.05, 4.69) is 15.6 Å². The molecular formula is C20H22ClN5O3S. The third-order valence-corrected chi connectivity index (χ3v) is 7.29. The van der Waals surface area contributed by atoms with Gasteiger partial charge in [0.2, 0.25) is 15.9 Å². The summed E-state index contributed by atoms with van der Waals surface area (Å²) >= 11 is 5.86. The van der Waals surface area contributed by atoms with Gasteiger partial charge in [0.1, 0.15) is 5.52 Å². The number of rotatable bonds is 7. The quantitative estimate of drug-likeness (QED) is 0.600. The van der Waals surface area contributed by atoms with Gasteiger partial charge >= 0.3 is 0 Å².